The quantitative estimate of drug-likeness (QED) is 0.526. The van der Waals surface area contributed by atoms with E-state index in [1.165, 1.54) is 0 Å². The van der Waals surface area contributed by atoms with E-state index < -0.39 is 0 Å². The molecule has 1 aromatic rings. The van der Waals surface area contributed by atoms with Gasteiger partial charge in [0.15, 0.2) is 0 Å². The zero-order chi connectivity index (χ0) is 15.7. The fourth-order valence-corrected chi connectivity index (χ4v) is 1.73. The van der Waals surface area contributed by atoms with Crippen molar-refractivity contribution < 1.29 is 19.7 Å². The molecule has 0 saturated carbocycles. The second-order valence-electron chi connectivity index (χ2n) is 4.29. The maximum absolute atomic E-state index is 9.11. The van der Waals surface area contributed by atoms with Crippen molar-refractivity contribution in [2.45, 2.75) is 6.92 Å². The lowest BCUT2D eigenvalue weighted by Crippen LogP contribution is -2.34. The molecule has 0 radical (unpaired) electrons. The molecule has 0 saturated heterocycles. The summed E-state index contributed by atoms with van der Waals surface area (Å²) >= 11 is 0. The van der Waals surface area contributed by atoms with Crippen LogP contribution in [0.15, 0.2) is 0 Å². The lowest BCUT2D eigenvalue weighted by atomic mass is 10.5. The van der Waals surface area contributed by atoms with Crippen LogP contribution in [0.3, 0.4) is 0 Å². The van der Waals surface area contributed by atoms with Gasteiger partial charge in [0.05, 0.1) is 13.2 Å². The summed E-state index contributed by atoms with van der Waals surface area (Å²) < 4.78 is 10.2. The second-order valence-corrected chi connectivity index (χ2v) is 4.29. The molecule has 0 aromatic carbocycles. The Bertz CT molecular complexity index is 374. The minimum absolute atomic E-state index is 0.0398. The van der Waals surface area contributed by atoms with Gasteiger partial charge in [-0.05, 0) is 6.92 Å². The van der Waals surface area contributed by atoms with Crippen LogP contribution in [0.4, 0.5) is 11.9 Å². The maximum Gasteiger partial charge on any atom is 0.232 e. The normalized spacial score (nSPS) is 10.7. The molecule has 0 aliphatic heterocycles. The number of ether oxygens (including phenoxy) is 2. The van der Waals surface area contributed by atoms with Crippen LogP contribution >= 0.6 is 0 Å². The zero-order valence-corrected chi connectivity index (χ0v) is 12.7. The third kappa shape index (κ3) is 5.38. The zero-order valence-electron chi connectivity index (χ0n) is 12.7. The van der Waals surface area contributed by atoms with Crippen LogP contribution in [-0.2, 0) is 9.47 Å². The summed E-state index contributed by atoms with van der Waals surface area (Å²) in [6.45, 7) is 2.88. The minimum atomic E-state index is -0.0398. The Hall–Kier alpha value is -1.55. The second kappa shape index (κ2) is 9.40. The number of hydrogen-bond acceptors (Lipinski definition) is 9. The van der Waals surface area contributed by atoms with Gasteiger partial charge in [0.2, 0.25) is 11.9 Å². The molecular weight excluding hydrogens is 278 g/mol. The van der Waals surface area contributed by atoms with Gasteiger partial charge < -0.3 is 29.5 Å². The fraction of sp³-hybridized carbons (Fsp3) is 0.750. The lowest BCUT2D eigenvalue weighted by molar-refractivity contribution is 0.185. The average Bonchev–Trinajstić information content (AvgIpc) is 2.46. The van der Waals surface area contributed by atoms with Crippen molar-refractivity contribution in [3.8, 4) is 0 Å². The highest BCUT2D eigenvalue weighted by atomic mass is 16.5. The van der Waals surface area contributed by atoms with Crippen LogP contribution in [0.25, 0.3) is 0 Å². The first-order valence-electron chi connectivity index (χ1n) is 6.58. The number of aryl methyl sites for hydroxylation is 1. The maximum atomic E-state index is 9.11. The van der Waals surface area contributed by atoms with Gasteiger partial charge >= 0.3 is 0 Å². The van der Waals surface area contributed by atoms with Crippen LogP contribution in [0, 0.1) is 6.92 Å². The highest BCUT2D eigenvalue weighted by molar-refractivity contribution is 5.38. The molecule has 120 valence electrons. The molecule has 9 nitrogen and oxygen atoms in total. The number of aliphatic hydroxyl groups excluding tert-OH is 2. The molecule has 1 aromatic heterocycles. The molecule has 0 unspecified atom stereocenters. The van der Waals surface area contributed by atoms with Gasteiger partial charge in [-0.2, -0.15) is 15.0 Å². The topological polar surface area (TPSA) is 104 Å². The Morgan fingerprint density at radius 1 is 0.857 bits per heavy atom. The monoisotopic (exact) mass is 301 g/mol. The standard InChI is InChI=1S/C12H23N5O4/c1-10-13-11(16(4-6-18)8-20-2)15-12(14-10)17(5-7-19)9-21-3/h18-19H,4-9H2,1-3H3. The smallest absolute Gasteiger partial charge is 0.232 e. The summed E-state index contributed by atoms with van der Waals surface area (Å²) in [5.41, 5.74) is 0. The largest absolute Gasteiger partial charge is 0.395 e. The lowest BCUT2D eigenvalue weighted by Gasteiger charge is -2.24. The van der Waals surface area contributed by atoms with E-state index in [0.717, 1.165) is 0 Å². The van der Waals surface area contributed by atoms with E-state index in [1.807, 2.05) is 0 Å². The van der Waals surface area contributed by atoms with Gasteiger partial charge in [-0.15, -0.1) is 0 Å². The van der Waals surface area contributed by atoms with Gasteiger partial charge in [-0.25, -0.2) is 0 Å². The molecule has 2 N–H and O–H groups in total. The van der Waals surface area contributed by atoms with Gasteiger partial charge in [-0.3, -0.25) is 0 Å². The Balaban J connectivity index is 3.05. The van der Waals surface area contributed by atoms with Crippen LogP contribution in [0.1, 0.15) is 5.82 Å². The van der Waals surface area contributed by atoms with Crippen molar-refractivity contribution in [2.75, 3.05) is 63.8 Å². The molecule has 0 bridgehead atoms. The van der Waals surface area contributed by atoms with Gasteiger partial charge in [0, 0.05) is 27.3 Å². The highest BCUT2D eigenvalue weighted by Crippen LogP contribution is 2.14. The van der Waals surface area contributed by atoms with E-state index in [1.54, 1.807) is 30.9 Å². The third-order valence-corrected chi connectivity index (χ3v) is 2.60. The van der Waals surface area contributed by atoms with E-state index in [0.29, 0.717) is 30.8 Å². The number of rotatable bonds is 10. The van der Waals surface area contributed by atoms with Gasteiger partial charge in [0.25, 0.3) is 0 Å². The van der Waals surface area contributed by atoms with Crippen molar-refractivity contribution in [2.24, 2.45) is 0 Å². The molecule has 1 rings (SSSR count). The van der Waals surface area contributed by atoms with Crippen LogP contribution in [-0.4, -0.2) is 79.1 Å². The Morgan fingerprint density at radius 2 is 1.29 bits per heavy atom. The number of aromatic nitrogens is 3. The molecule has 0 aliphatic rings. The molecule has 1 heterocycles. The summed E-state index contributed by atoms with van der Waals surface area (Å²) in [5, 5.41) is 18.2. The average molecular weight is 301 g/mol. The summed E-state index contributed by atoms with van der Waals surface area (Å²) in [6, 6.07) is 0. The minimum Gasteiger partial charge on any atom is -0.395 e. The van der Waals surface area contributed by atoms with Gasteiger partial charge in [-0.1, -0.05) is 0 Å². The predicted octanol–water partition coefficient (Wildman–Crippen LogP) is -1.01. The molecule has 0 aliphatic carbocycles. The predicted molar refractivity (Wildman–Crippen MR) is 77.2 cm³/mol. The van der Waals surface area contributed by atoms with E-state index in [-0.39, 0.29) is 26.7 Å². The first-order valence-corrected chi connectivity index (χ1v) is 6.58. The first-order chi connectivity index (χ1) is 10.2. The molecule has 0 amide bonds. The van der Waals surface area contributed by atoms with Crippen molar-refractivity contribution in [1.82, 2.24) is 15.0 Å². The van der Waals surface area contributed by atoms with Crippen molar-refractivity contribution in [3.05, 3.63) is 5.82 Å². The van der Waals surface area contributed by atoms with Crippen molar-refractivity contribution >= 4 is 11.9 Å². The van der Waals surface area contributed by atoms with Crippen molar-refractivity contribution in [1.29, 1.82) is 0 Å². The molecular formula is C12H23N5O4. The SMILES string of the molecule is COCN(CCO)c1nc(C)nc(N(CCO)COC)n1. The highest BCUT2D eigenvalue weighted by Gasteiger charge is 2.15. The Labute approximate surface area is 124 Å². The summed E-state index contributed by atoms with van der Waals surface area (Å²) in [5.74, 6) is 1.35. The number of nitrogens with zero attached hydrogens (tertiary/aromatic N) is 5. The van der Waals surface area contributed by atoms with Crippen LogP contribution < -0.4 is 9.80 Å². The van der Waals surface area contributed by atoms with E-state index in [2.05, 4.69) is 15.0 Å². The number of aliphatic hydroxyl groups is 2. The first kappa shape index (κ1) is 17.5. The summed E-state index contributed by atoms with van der Waals surface area (Å²) in [6.07, 6.45) is 0. The van der Waals surface area contributed by atoms with E-state index in [4.69, 9.17) is 19.7 Å². The number of anilines is 2. The van der Waals surface area contributed by atoms with Crippen molar-refractivity contribution in [3.63, 3.8) is 0 Å². The molecule has 0 atom stereocenters. The number of methoxy groups -OCH3 is 2. The fourth-order valence-electron chi connectivity index (χ4n) is 1.73. The van der Waals surface area contributed by atoms with Crippen LogP contribution in [0.5, 0.6) is 0 Å². The Kier molecular flexibility index (Phi) is 7.83. The summed E-state index contributed by atoms with van der Waals surface area (Å²) in [4.78, 5) is 16.3. The molecule has 21 heavy (non-hydrogen) atoms. The Morgan fingerprint density at radius 3 is 1.62 bits per heavy atom. The number of hydrogen-bond donors (Lipinski definition) is 2. The van der Waals surface area contributed by atoms with E-state index >= 15 is 0 Å². The summed E-state index contributed by atoms with van der Waals surface area (Å²) in [7, 11) is 3.12. The van der Waals surface area contributed by atoms with E-state index in [9.17, 15) is 0 Å². The van der Waals surface area contributed by atoms with Gasteiger partial charge in [0.1, 0.15) is 19.3 Å². The molecule has 0 spiro atoms. The van der Waals surface area contributed by atoms with Crippen LogP contribution in [0.2, 0.25) is 0 Å². The molecule has 0 fully saturated rings. The third-order valence-electron chi connectivity index (χ3n) is 2.60. The molecule has 9 heteroatoms.